The first kappa shape index (κ1) is 16.4. The van der Waals surface area contributed by atoms with Crippen LogP contribution in [0.15, 0.2) is 48.7 Å². The maximum Gasteiger partial charge on any atom is 0.119 e. The monoisotopic (exact) mass is 325 g/mol. The van der Waals surface area contributed by atoms with Gasteiger partial charge in [-0.15, -0.1) is 0 Å². The molecule has 1 N–H and O–H groups in total. The zero-order valence-corrected chi connectivity index (χ0v) is 14.2. The lowest BCUT2D eigenvalue weighted by atomic mass is 9.91. The summed E-state index contributed by atoms with van der Waals surface area (Å²) in [7, 11) is 3.76. The molecule has 1 aliphatic heterocycles. The number of aliphatic hydroxyl groups is 1. The average molecular weight is 325 g/mol. The van der Waals surface area contributed by atoms with Crippen molar-refractivity contribution in [3.63, 3.8) is 0 Å². The smallest absolute Gasteiger partial charge is 0.119 e. The predicted molar refractivity (Wildman–Crippen MR) is 95.2 cm³/mol. The molecule has 0 spiro atoms. The molecule has 0 saturated heterocycles. The molecule has 0 fully saturated rings. The van der Waals surface area contributed by atoms with Crippen LogP contribution in [0, 0.1) is 0 Å². The molecule has 1 aliphatic rings. The first-order valence-electron chi connectivity index (χ1n) is 8.14. The number of nitrogens with zero attached hydrogens (tertiary/aromatic N) is 1. The van der Waals surface area contributed by atoms with Gasteiger partial charge in [0.25, 0.3) is 0 Å². The van der Waals surface area contributed by atoms with Gasteiger partial charge in [0, 0.05) is 38.4 Å². The molecule has 3 rings (SSSR count). The zero-order chi connectivity index (χ0) is 16.9. The molecule has 0 bridgehead atoms. The third kappa shape index (κ3) is 3.54. The van der Waals surface area contributed by atoms with Gasteiger partial charge in [-0.1, -0.05) is 18.2 Å². The first-order valence-corrected chi connectivity index (χ1v) is 8.14. The molecule has 2 aromatic rings. The highest BCUT2D eigenvalue weighted by atomic mass is 16.5. The fraction of sp³-hybridized carbons (Fsp3) is 0.300. The van der Waals surface area contributed by atoms with Crippen LogP contribution < -0.4 is 9.47 Å². The van der Waals surface area contributed by atoms with Gasteiger partial charge in [-0.2, -0.15) is 0 Å². The molecular formula is C20H23NO3. The van der Waals surface area contributed by atoms with E-state index in [0.29, 0.717) is 13.0 Å². The van der Waals surface area contributed by atoms with E-state index >= 15 is 0 Å². The quantitative estimate of drug-likeness (QED) is 0.828. The molecule has 2 aromatic carbocycles. The van der Waals surface area contributed by atoms with E-state index < -0.39 is 0 Å². The lowest BCUT2D eigenvalue weighted by Crippen LogP contribution is -2.17. The first-order chi connectivity index (χ1) is 11.7. The standard InChI is InChI=1S/C20H23NO3/c1-21-13-16-12-18(24-10-4-9-22)7-8-19(16)20(14-21)15-5-3-6-17(11-15)23-2/h3,5-8,11-12,14,22H,4,9-10,13H2,1-2H3. The van der Waals surface area contributed by atoms with E-state index in [4.69, 9.17) is 14.6 Å². The Morgan fingerprint density at radius 3 is 2.79 bits per heavy atom. The van der Waals surface area contributed by atoms with E-state index in [2.05, 4.69) is 42.4 Å². The van der Waals surface area contributed by atoms with Gasteiger partial charge in [0.05, 0.1) is 13.7 Å². The van der Waals surface area contributed by atoms with Crippen molar-refractivity contribution in [3.8, 4) is 11.5 Å². The normalized spacial score (nSPS) is 13.3. The van der Waals surface area contributed by atoms with Crippen LogP contribution in [0.2, 0.25) is 0 Å². The minimum absolute atomic E-state index is 0.149. The van der Waals surface area contributed by atoms with E-state index in [1.165, 1.54) is 16.7 Å². The van der Waals surface area contributed by atoms with Crippen molar-refractivity contribution in [1.82, 2.24) is 4.90 Å². The Hall–Kier alpha value is -2.46. The summed E-state index contributed by atoms with van der Waals surface area (Å²) in [5.41, 5.74) is 4.77. The zero-order valence-electron chi connectivity index (χ0n) is 14.2. The van der Waals surface area contributed by atoms with Crippen LogP contribution >= 0.6 is 0 Å². The third-order valence-corrected chi connectivity index (χ3v) is 4.09. The Bertz CT molecular complexity index is 739. The average Bonchev–Trinajstić information content (AvgIpc) is 2.61. The number of hydrogen-bond donors (Lipinski definition) is 1. The highest BCUT2D eigenvalue weighted by Gasteiger charge is 2.18. The van der Waals surface area contributed by atoms with Crippen molar-refractivity contribution in [1.29, 1.82) is 0 Å². The molecule has 4 nitrogen and oxygen atoms in total. The lowest BCUT2D eigenvalue weighted by molar-refractivity contribution is 0.233. The second-order valence-corrected chi connectivity index (χ2v) is 5.93. The van der Waals surface area contributed by atoms with Crippen LogP contribution in [0.3, 0.4) is 0 Å². The number of fused-ring (bicyclic) bond motifs is 1. The minimum Gasteiger partial charge on any atom is -0.497 e. The van der Waals surface area contributed by atoms with Gasteiger partial charge in [-0.25, -0.2) is 0 Å². The van der Waals surface area contributed by atoms with Crippen LogP contribution in [-0.2, 0) is 6.54 Å². The number of ether oxygens (including phenoxy) is 2. The van der Waals surface area contributed by atoms with E-state index in [0.717, 1.165) is 23.6 Å². The lowest BCUT2D eigenvalue weighted by Gasteiger charge is -2.26. The molecule has 0 atom stereocenters. The Morgan fingerprint density at radius 1 is 1.12 bits per heavy atom. The second kappa shape index (κ2) is 7.41. The Balaban J connectivity index is 1.92. The summed E-state index contributed by atoms with van der Waals surface area (Å²) in [6.07, 6.45) is 2.81. The van der Waals surface area contributed by atoms with Crippen molar-refractivity contribution in [2.45, 2.75) is 13.0 Å². The number of methoxy groups -OCH3 is 1. The van der Waals surface area contributed by atoms with E-state index in [-0.39, 0.29) is 6.61 Å². The van der Waals surface area contributed by atoms with Crippen LogP contribution in [0.4, 0.5) is 0 Å². The van der Waals surface area contributed by atoms with Crippen molar-refractivity contribution in [2.24, 2.45) is 0 Å². The van der Waals surface area contributed by atoms with E-state index in [1.807, 2.05) is 18.2 Å². The van der Waals surface area contributed by atoms with Crippen LogP contribution in [0.25, 0.3) is 5.57 Å². The van der Waals surface area contributed by atoms with Gasteiger partial charge in [0.15, 0.2) is 0 Å². The SMILES string of the molecule is COc1cccc(C2=CN(C)Cc3cc(OCCCO)ccc32)c1. The second-order valence-electron chi connectivity index (χ2n) is 5.93. The molecule has 0 aromatic heterocycles. The number of benzene rings is 2. The summed E-state index contributed by atoms with van der Waals surface area (Å²) in [6.45, 7) is 1.53. The maximum atomic E-state index is 8.87. The Morgan fingerprint density at radius 2 is 2.00 bits per heavy atom. The van der Waals surface area contributed by atoms with Crippen LogP contribution in [0.1, 0.15) is 23.1 Å². The summed E-state index contributed by atoms with van der Waals surface area (Å²) in [6, 6.07) is 14.3. The van der Waals surface area contributed by atoms with Gasteiger partial charge in [-0.05, 0) is 41.0 Å². The van der Waals surface area contributed by atoms with Crippen molar-refractivity contribution >= 4 is 5.57 Å². The molecule has 4 heteroatoms. The molecule has 126 valence electrons. The van der Waals surface area contributed by atoms with Gasteiger partial charge in [-0.3, -0.25) is 0 Å². The van der Waals surface area contributed by atoms with Gasteiger partial charge >= 0.3 is 0 Å². The summed E-state index contributed by atoms with van der Waals surface area (Å²) >= 11 is 0. The summed E-state index contributed by atoms with van der Waals surface area (Å²) in [4.78, 5) is 2.18. The number of aliphatic hydroxyl groups excluding tert-OH is 1. The highest BCUT2D eigenvalue weighted by Crippen LogP contribution is 2.34. The number of rotatable bonds is 6. The summed E-state index contributed by atoms with van der Waals surface area (Å²) < 4.78 is 11.1. The fourth-order valence-electron chi connectivity index (χ4n) is 2.93. The van der Waals surface area contributed by atoms with Crippen LogP contribution in [-0.4, -0.2) is 37.4 Å². The van der Waals surface area contributed by atoms with Gasteiger partial charge in [0.2, 0.25) is 0 Å². The summed E-state index contributed by atoms with van der Waals surface area (Å²) in [5, 5.41) is 8.87. The van der Waals surface area contributed by atoms with Gasteiger partial charge in [0.1, 0.15) is 11.5 Å². The molecule has 0 unspecified atom stereocenters. The molecule has 1 heterocycles. The minimum atomic E-state index is 0.149. The highest BCUT2D eigenvalue weighted by molar-refractivity contribution is 5.83. The Labute approximate surface area is 142 Å². The van der Waals surface area contributed by atoms with Crippen molar-refractivity contribution < 1.29 is 14.6 Å². The maximum absolute atomic E-state index is 8.87. The molecule has 0 saturated carbocycles. The topological polar surface area (TPSA) is 41.9 Å². The van der Waals surface area contributed by atoms with Gasteiger partial charge < -0.3 is 19.5 Å². The largest absolute Gasteiger partial charge is 0.497 e. The molecule has 0 aliphatic carbocycles. The van der Waals surface area contributed by atoms with Crippen LogP contribution in [0.5, 0.6) is 11.5 Å². The molecule has 0 radical (unpaired) electrons. The summed E-state index contributed by atoms with van der Waals surface area (Å²) in [5.74, 6) is 1.70. The molecule has 24 heavy (non-hydrogen) atoms. The Kier molecular flexibility index (Phi) is 5.06. The third-order valence-electron chi connectivity index (χ3n) is 4.09. The molecular weight excluding hydrogens is 302 g/mol. The van der Waals surface area contributed by atoms with E-state index in [9.17, 15) is 0 Å². The van der Waals surface area contributed by atoms with Crippen molar-refractivity contribution in [2.75, 3.05) is 27.4 Å². The van der Waals surface area contributed by atoms with Crippen molar-refractivity contribution in [3.05, 3.63) is 65.4 Å². The fourth-order valence-corrected chi connectivity index (χ4v) is 2.93. The molecule has 0 amide bonds. The van der Waals surface area contributed by atoms with E-state index in [1.54, 1.807) is 7.11 Å². The number of hydrogen-bond acceptors (Lipinski definition) is 4. The predicted octanol–water partition coefficient (Wildman–Crippen LogP) is 3.29.